The lowest BCUT2D eigenvalue weighted by Gasteiger charge is -2.31. The number of aliphatic hydroxyl groups is 1. The molecule has 0 aromatic heterocycles. The van der Waals surface area contributed by atoms with E-state index in [1.807, 2.05) is 6.07 Å². The molecule has 12 nitrogen and oxygen atoms in total. The van der Waals surface area contributed by atoms with E-state index >= 15 is 0 Å². The zero-order chi connectivity index (χ0) is 26.1. The third-order valence-electron chi connectivity index (χ3n) is 5.78. The third-order valence-corrected chi connectivity index (χ3v) is 5.78. The number of hydrogen-bond acceptors (Lipinski definition) is 7. The number of aliphatic hydroxyl groups excluding tert-OH is 1. The van der Waals surface area contributed by atoms with Crippen LogP contribution in [0.3, 0.4) is 0 Å². The summed E-state index contributed by atoms with van der Waals surface area (Å²) < 4.78 is 0. The highest BCUT2D eigenvalue weighted by Gasteiger charge is 2.40. The fourth-order valence-electron chi connectivity index (χ4n) is 3.88. The zero-order valence-electron chi connectivity index (χ0n) is 19.4. The van der Waals surface area contributed by atoms with E-state index in [0.29, 0.717) is 6.42 Å². The Morgan fingerprint density at radius 1 is 1.11 bits per heavy atom. The molecule has 1 aromatic carbocycles. The molecule has 0 saturated carbocycles. The highest BCUT2D eigenvalue weighted by Crippen LogP contribution is 2.20. The average Bonchev–Trinajstić information content (AvgIpc) is 3.29. The lowest BCUT2D eigenvalue weighted by Crippen LogP contribution is -2.59. The molecule has 1 aliphatic heterocycles. The van der Waals surface area contributed by atoms with E-state index in [1.54, 1.807) is 24.3 Å². The van der Waals surface area contributed by atoms with Crippen molar-refractivity contribution >= 4 is 29.7 Å². The minimum atomic E-state index is -1.43. The van der Waals surface area contributed by atoms with Crippen molar-refractivity contribution in [2.45, 2.75) is 69.3 Å². The predicted octanol–water partition coefficient (Wildman–Crippen LogP) is -1.15. The SMILES string of the molecule is CC(O)C(NC(=O)C(N)Cc1ccccc1)C(=O)N1CCCC1C(=O)NC(CCC(=O)O)C(=O)O. The molecule has 1 aliphatic rings. The standard InChI is InChI=1S/C23H32N4O8/c1-13(28)19(26-20(31)15(24)12-14-6-3-2-4-7-14)22(33)27-11-5-8-17(27)21(32)25-16(23(34)35)9-10-18(29)30/h2-4,6-7,13,15-17,19,28H,5,8-12,24H2,1H3,(H,25,32)(H,26,31)(H,29,30)(H,34,35). The maximum absolute atomic E-state index is 13.2. The number of carbonyl (C=O) groups excluding carboxylic acids is 3. The van der Waals surface area contributed by atoms with Gasteiger partial charge in [0, 0.05) is 13.0 Å². The number of carboxylic acid groups (broad SMARTS) is 2. The largest absolute Gasteiger partial charge is 0.481 e. The molecule has 35 heavy (non-hydrogen) atoms. The highest BCUT2D eigenvalue weighted by atomic mass is 16.4. The summed E-state index contributed by atoms with van der Waals surface area (Å²) in [7, 11) is 0. The molecule has 7 N–H and O–H groups in total. The first-order valence-corrected chi connectivity index (χ1v) is 11.3. The Bertz CT molecular complexity index is 923. The minimum absolute atomic E-state index is 0.166. The lowest BCUT2D eigenvalue weighted by atomic mass is 10.0. The molecule has 1 saturated heterocycles. The quantitative estimate of drug-likeness (QED) is 0.208. The van der Waals surface area contributed by atoms with Gasteiger partial charge in [0.25, 0.3) is 0 Å². The first kappa shape index (κ1) is 27.7. The summed E-state index contributed by atoms with van der Waals surface area (Å²) in [6.07, 6.45) is -1.15. The summed E-state index contributed by atoms with van der Waals surface area (Å²) in [5.41, 5.74) is 6.80. The Kier molecular flexibility index (Phi) is 10.2. The molecule has 0 aliphatic carbocycles. The second-order valence-electron chi connectivity index (χ2n) is 8.54. The summed E-state index contributed by atoms with van der Waals surface area (Å²) in [5, 5.41) is 33.0. The molecular formula is C23H32N4O8. The van der Waals surface area contributed by atoms with E-state index < -0.39 is 66.4 Å². The van der Waals surface area contributed by atoms with Gasteiger partial charge in [0.1, 0.15) is 18.1 Å². The number of benzene rings is 1. The first-order chi connectivity index (χ1) is 16.5. The van der Waals surface area contributed by atoms with Gasteiger partial charge >= 0.3 is 11.9 Å². The number of nitrogens with one attached hydrogen (secondary N) is 2. The van der Waals surface area contributed by atoms with Crippen LogP contribution in [-0.2, 0) is 30.4 Å². The molecule has 12 heteroatoms. The number of aliphatic carboxylic acids is 2. The number of amides is 3. The van der Waals surface area contributed by atoms with Crippen LogP contribution in [0.2, 0.25) is 0 Å². The Balaban J connectivity index is 2.06. The lowest BCUT2D eigenvalue weighted by molar-refractivity contribution is -0.146. The van der Waals surface area contributed by atoms with E-state index in [4.69, 9.17) is 10.8 Å². The summed E-state index contributed by atoms with van der Waals surface area (Å²) in [6.45, 7) is 1.49. The molecule has 1 aromatic rings. The Morgan fingerprint density at radius 2 is 1.77 bits per heavy atom. The van der Waals surface area contributed by atoms with Crippen LogP contribution in [0.5, 0.6) is 0 Å². The fourth-order valence-corrected chi connectivity index (χ4v) is 3.88. The van der Waals surface area contributed by atoms with Gasteiger partial charge in [-0.3, -0.25) is 19.2 Å². The van der Waals surface area contributed by atoms with Crippen LogP contribution in [-0.4, -0.2) is 86.7 Å². The number of hydrogen-bond donors (Lipinski definition) is 6. The number of nitrogens with two attached hydrogens (primary N) is 1. The number of carbonyl (C=O) groups is 5. The highest BCUT2D eigenvalue weighted by molar-refractivity contribution is 5.95. The normalized spacial score (nSPS) is 18.7. The van der Waals surface area contributed by atoms with E-state index in [0.717, 1.165) is 5.56 Å². The Morgan fingerprint density at radius 3 is 2.34 bits per heavy atom. The van der Waals surface area contributed by atoms with Crippen molar-refractivity contribution in [2.75, 3.05) is 6.54 Å². The molecule has 192 valence electrons. The van der Waals surface area contributed by atoms with Gasteiger partial charge < -0.3 is 36.6 Å². The van der Waals surface area contributed by atoms with Gasteiger partial charge in [0.2, 0.25) is 17.7 Å². The van der Waals surface area contributed by atoms with Crippen LogP contribution in [0.15, 0.2) is 30.3 Å². The maximum Gasteiger partial charge on any atom is 0.326 e. The van der Waals surface area contributed by atoms with Crippen LogP contribution < -0.4 is 16.4 Å². The topological polar surface area (TPSA) is 199 Å². The van der Waals surface area contributed by atoms with Gasteiger partial charge in [-0.05, 0) is 38.2 Å². The van der Waals surface area contributed by atoms with Crippen LogP contribution in [0.4, 0.5) is 0 Å². The number of carboxylic acids is 2. The van der Waals surface area contributed by atoms with Gasteiger partial charge in [-0.25, -0.2) is 4.79 Å². The molecule has 3 amide bonds. The molecule has 1 fully saturated rings. The van der Waals surface area contributed by atoms with Crippen molar-refractivity contribution in [3.8, 4) is 0 Å². The molecular weight excluding hydrogens is 460 g/mol. The van der Waals surface area contributed by atoms with Crippen molar-refractivity contribution in [1.82, 2.24) is 15.5 Å². The number of rotatable bonds is 12. The Hall–Kier alpha value is -3.51. The first-order valence-electron chi connectivity index (χ1n) is 11.3. The zero-order valence-corrected chi connectivity index (χ0v) is 19.4. The smallest absolute Gasteiger partial charge is 0.326 e. The monoisotopic (exact) mass is 492 g/mol. The average molecular weight is 493 g/mol. The van der Waals surface area contributed by atoms with Crippen molar-refractivity contribution < 1.29 is 39.3 Å². The van der Waals surface area contributed by atoms with Crippen LogP contribution >= 0.6 is 0 Å². The molecule has 5 unspecified atom stereocenters. The van der Waals surface area contributed by atoms with Crippen LogP contribution in [0.25, 0.3) is 0 Å². The van der Waals surface area contributed by atoms with E-state index in [-0.39, 0.29) is 25.8 Å². The summed E-state index contributed by atoms with van der Waals surface area (Å²) in [4.78, 5) is 61.9. The minimum Gasteiger partial charge on any atom is -0.481 e. The third kappa shape index (κ3) is 8.04. The summed E-state index contributed by atoms with van der Waals surface area (Å²) in [5.74, 6) is -4.69. The molecule has 2 rings (SSSR count). The van der Waals surface area contributed by atoms with E-state index in [9.17, 15) is 34.2 Å². The second kappa shape index (κ2) is 12.8. The second-order valence-corrected chi connectivity index (χ2v) is 8.54. The molecule has 0 spiro atoms. The molecule has 1 heterocycles. The number of nitrogens with zero attached hydrogens (tertiary/aromatic N) is 1. The van der Waals surface area contributed by atoms with Crippen molar-refractivity contribution in [3.05, 3.63) is 35.9 Å². The molecule has 5 atom stereocenters. The summed E-state index contributed by atoms with van der Waals surface area (Å²) >= 11 is 0. The van der Waals surface area contributed by atoms with E-state index in [1.165, 1.54) is 11.8 Å². The van der Waals surface area contributed by atoms with Crippen molar-refractivity contribution in [3.63, 3.8) is 0 Å². The van der Waals surface area contributed by atoms with Crippen LogP contribution in [0.1, 0.15) is 38.2 Å². The van der Waals surface area contributed by atoms with E-state index in [2.05, 4.69) is 10.6 Å². The van der Waals surface area contributed by atoms with Gasteiger partial charge in [-0.15, -0.1) is 0 Å². The molecule has 0 bridgehead atoms. The fraction of sp³-hybridized carbons (Fsp3) is 0.522. The summed E-state index contributed by atoms with van der Waals surface area (Å²) in [6, 6.07) is 4.25. The van der Waals surface area contributed by atoms with Gasteiger partial charge in [0.05, 0.1) is 12.1 Å². The van der Waals surface area contributed by atoms with Gasteiger partial charge in [0.15, 0.2) is 0 Å². The molecule has 0 radical (unpaired) electrons. The predicted molar refractivity (Wildman–Crippen MR) is 123 cm³/mol. The number of likely N-dealkylation sites (tertiary alicyclic amines) is 1. The van der Waals surface area contributed by atoms with Gasteiger partial charge in [-0.1, -0.05) is 30.3 Å². The van der Waals surface area contributed by atoms with Gasteiger partial charge in [-0.2, -0.15) is 0 Å². The Labute approximate surface area is 202 Å². The van der Waals surface area contributed by atoms with Crippen LogP contribution in [0, 0.1) is 0 Å². The maximum atomic E-state index is 13.2. The van der Waals surface area contributed by atoms with Crippen molar-refractivity contribution in [2.24, 2.45) is 5.73 Å². The van der Waals surface area contributed by atoms with Crippen molar-refractivity contribution in [1.29, 1.82) is 0 Å².